The molecule has 3 rings (SSSR count). The Kier molecular flexibility index (Phi) is 3.93. The molecule has 0 aliphatic heterocycles. The van der Waals surface area contributed by atoms with Gasteiger partial charge in [-0.05, 0) is 19.9 Å². The van der Waals surface area contributed by atoms with Crippen LogP contribution in [-0.2, 0) is 0 Å². The van der Waals surface area contributed by atoms with Crippen molar-refractivity contribution in [2.45, 2.75) is 13.8 Å². The zero-order valence-electron chi connectivity index (χ0n) is 12.1. The Morgan fingerprint density at radius 3 is 2.48 bits per heavy atom. The van der Waals surface area contributed by atoms with Crippen LogP contribution in [0.1, 0.15) is 24.3 Å². The lowest BCUT2D eigenvalue weighted by Gasteiger charge is -2.00. The van der Waals surface area contributed by atoms with Crippen molar-refractivity contribution in [3.8, 4) is 11.4 Å². The number of aromatic nitrogens is 2. The van der Waals surface area contributed by atoms with Gasteiger partial charge in [0, 0.05) is 22.2 Å². The fourth-order valence-corrected chi connectivity index (χ4v) is 3.33. The smallest absolute Gasteiger partial charge is 0.159 e. The van der Waals surface area contributed by atoms with Gasteiger partial charge in [0.1, 0.15) is 0 Å². The molecular formula is C18H16N2S. The van der Waals surface area contributed by atoms with E-state index >= 15 is 0 Å². The van der Waals surface area contributed by atoms with E-state index in [1.807, 2.05) is 50.4 Å². The van der Waals surface area contributed by atoms with Gasteiger partial charge in [0.2, 0.25) is 0 Å². The standard InChI is InChI=1S/C18H16N2S/c1-3-8-14-15(9-4-2)21-16-12-19-18(20-17(14)16)13-10-6-5-7-11-13/h3-12H,1-2H3/b8-3+,9-4-. The quantitative estimate of drug-likeness (QED) is 0.643. The topological polar surface area (TPSA) is 25.8 Å². The maximum atomic E-state index is 4.78. The maximum absolute atomic E-state index is 4.78. The van der Waals surface area contributed by atoms with Crippen molar-refractivity contribution < 1.29 is 0 Å². The van der Waals surface area contributed by atoms with Crippen LogP contribution in [0.5, 0.6) is 0 Å². The minimum absolute atomic E-state index is 0.777. The number of benzene rings is 1. The molecule has 3 heteroatoms. The number of rotatable bonds is 3. The summed E-state index contributed by atoms with van der Waals surface area (Å²) in [5.41, 5.74) is 3.25. The lowest BCUT2D eigenvalue weighted by Crippen LogP contribution is -1.88. The summed E-state index contributed by atoms with van der Waals surface area (Å²) in [6, 6.07) is 10.1. The molecule has 2 aromatic heterocycles. The minimum Gasteiger partial charge on any atom is -0.235 e. The first-order valence-electron chi connectivity index (χ1n) is 6.94. The molecule has 2 heterocycles. The lowest BCUT2D eigenvalue weighted by molar-refractivity contribution is 1.23. The SMILES string of the molecule is C/C=C\c1sc2cnc(-c3ccccc3)nc2c1/C=C/C. The van der Waals surface area contributed by atoms with Crippen molar-refractivity contribution in [3.05, 3.63) is 59.1 Å². The van der Waals surface area contributed by atoms with Gasteiger partial charge in [-0.1, -0.05) is 48.6 Å². The van der Waals surface area contributed by atoms with Crippen molar-refractivity contribution in [3.63, 3.8) is 0 Å². The molecule has 0 unspecified atom stereocenters. The highest BCUT2D eigenvalue weighted by Crippen LogP contribution is 2.33. The number of allylic oxidation sites excluding steroid dienone is 2. The third-order valence-electron chi connectivity index (χ3n) is 3.18. The second-order valence-corrected chi connectivity index (χ2v) is 5.74. The molecule has 0 aliphatic carbocycles. The van der Waals surface area contributed by atoms with Crippen molar-refractivity contribution in [2.75, 3.05) is 0 Å². The summed E-state index contributed by atoms with van der Waals surface area (Å²) in [7, 11) is 0. The van der Waals surface area contributed by atoms with Crippen molar-refractivity contribution >= 4 is 33.7 Å². The molecule has 0 atom stereocenters. The normalized spacial score (nSPS) is 11.9. The summed E-state index contributed by atoms with van der Waals surface area (Å²) >= 11 is 1.73. The van der Waals surface area contributed by atoms with Crippen LogP contribution in [0.3, 0.4) is 0 Å². The summed E-state index contributed by atoms with van der Waals surface area (Å²) in [5, 5.41) is 0. The average molecular weight is 292 g/mol. The molecule has 1 aromatic carbocycles. The summed E-state index contributed by atoms with van der Waals surface area (Å²) < 4.78 is 1.12. The van der Waals surface area contributed by atoms with E-state index < -0.39 is 0 Å². The van der Waals surface area contributed by atoms with Crippen LogP contribution in [0.15, 0.2) is 48.7 Å². The third-order valence-corrected chi connectivity index (χ3v) is 4.27. The lowest BCUT2D eigenvalue weighted by atomic mass is 10.1. The molecule has 0 fully saturated rings. The molecule has 3 aromatic rings. The molecule has 0 radical (unpaired) electrons. The predicted molar refractivity (Wildman–Crippen MR) is 92.3 cm³/mol. The van der Waals surface area contributed by atoms with E-state index in [-0.39, 0.29) is 0 Å². The van der Waals surface area contributed by atoms with Gasteiger partial charge in [0.25, 0.3) is 0 Å². The second kappa shape index (κ2) is 6.02. The van der Waals surface area contributed by atoms with Crippen LogP contribution >= 0.6 is 11.3 Å². The number of hydrogen-bond donors (Lipinski definition) is 0. The van der Waals surface area contributed by atoms with Gasteiger partial charge in [0.05, 0.1) is 10.2 Å². The Morgan fingerprint density at radius 1 is 1.00 bits per heavy atom. The van der Waals surface area contributed by atoms with E-state index in [0.29, 0.717) is 0 Å². The number of thiophene rings is 1. The first kappa shape index (κ1) is 13.7. The zero-order valence-corrected chi connectivity index (χ0v) is 12.9. The van der Waals surface area contributed by atoms with E-state index in [2.05, 4.69) is 29.3 Å². The maximum Gasteiger partial charge on any atom is 0.159 e. The number of nitrogens with zero attached hydrogens (tertiary/aromatic N) is 2. The molecule has 0 aliphatic rings. The third kappa shape index (κ3) is 2.65. The molecule has 0 N–H and O–H groups in total. The fourth-order valence-electron chi connectivity index (χ4n) is 2.26. The molecular weight excluding hydrogens is 276 g/mol. The Labute approximate surface area is 128 Å². The molecule has 2 nitrogen and oxygen atoms in total. The molecule has 0 saturated heterocycles. The van der Waals surface area contributed by atoms with E-state index in [4.69, 9.17) is 4.98 Å². The van der Waals surface area contributed by atoms with Crippen LogP contribution in [-0.4, -0.2) is 9.97 Å². The number of hydrogen-bond acceptors (Lipinski definition) is 3. The largest absolute Gasteiger partial charge is 0.235 e. The second-order valence-electron chi connectivity index (χ2n) is 4.65. The van der Waals surface area contributed by atoms with E-state index in [0.717, 1.165) is 21.6 Å². The molecule has 0 bridgehead atoms. The van der Waals surface area contributed by atoms with Crippen LogP contribution in [0.25, 0.3) is 33.8 Å². The summed E-state index contributed by atoms with van der Waals surface area (Å²) in [6.07, 6.45) is 10.3. The summed E-state index contributed by atoms with van der Waals surface area (Å²) in [4.78, 5) is 10.5. The highest BCUT2D eigenvalue weighted by atomic mass is 32.1. The predicted octanol–water partition coefficient (Wildman–Crippen LogP) is 5.42. The van der Waals surface area contributed by atoms with Gasteiger partial charge in [-0.15, -0.1) is 11.3 Å². The number of fused-ring (bicyclic) bond motifs is 1. The van der Waals surface area contributed by atoms with Gasteiger partial charge < -0.3 is 0 Å². The first-order chi connectivity index (χ1) is 10.3. The van der Waals surface area contributed by atoms with Crippen molar-refractivity contribution in [1.29, 1.82) is 0 Å². The van der Waals surface area contributed by atoms with Crippen LogP contribution in [0.2, 0.25) is 0 Å². The van der Waals surface area contributed by atoms with E-state index in [1.54, 1.807) is 11.3 Å². The van der Waals surface area contributed by atoms with Crippen LogP contribution in [0, 0.1) is 0 Å². The monoisotopic (exact) mass is 292 g/mol. The molecule has 0 spiro atoms. The van der Waals surface area contributed by atoms with Gasteiger partial charge in [-0.3, -0.25) is 0 Å². The highest BCUT2D eigenvalue weighted by molar-refractivity contribution is 7.20. The van der Waals surface area contributed by atoms with Crippen molar-refractivity contribution in [1.82, 2.24) is 9.97 Å². The summed E-state index contributed by atoms with van der Waals surface area (Å²) in [6.45, 7) is 4.06. The minimum atomic E-state index is 0.777. The molecule has 104 valence electrons. The van der Waals surface area contributed by atoms with Gasteiger partial charge in [-0.25, -0.2) is 9.97 Å². The van der Waals surface area contributed by atoms with Gasteiger partial charge in [-0.2, -0.15) is 0 Å². The van der Waals surface area contributed by atoms with Crippen LogP contribution in [0.4, 0.5) is 0 Å². The Balaban J connectivity index is 2.23. The fraction of sp³-hybridized carbons (Fsp3) is 0.111. The van der Waals surface area contributed by atoms with Crippen molar-refractivity contribution in [2.24, 2.45) is 0 Å². The first-order valence-corrected chi connectivity index (χ1v) is 7.75. The van der Waals surface area contributed by atoms with E-state index in [9.17, 15) is 0 Å². The Bertz CT molecular complexity index is 814. The Hall–Kier alpha value is -2.26. The van der Waals surface area contributed by atoms with E-state index in [1.165, 1.54) is 10.4 Å². The van der Waals surface area contributed by atoms with Gasteiger partial charge >= 0.3 is 0 Å². The molecule has 0 amide bonds. The summed E-state index contributed by atoms with van der Waals surface area (Å²) in [5.74, 6) is 0.777. The Morgan fingerprint density at radius 2 is 1.76 bits per heavy atom. The molecule has 21 heavy (non-hydrogen) atoms. The average Bonchev–Trinajstić information content (AvgIpc) is 2.86. The highest BCUT2D eigenvalue weighted by Gasteiger charge is 2.11. The molecule has 0 saturated carbocycles. The van der Waals surface area contributed by atoms with Gasteiger partial charge in [0.15, 0.2) is 5.82 Å². The zero-order chi connectivity index (χ0) is 14.7. The van der Waals surface area contributed by atoms with Crippen LogP contribution < -0.4 is 0 Å².